The molecule has 0 aliphatic rings. The van der Waals surface area contributed by atoms with E-state index in [1.807, 2.05) is 0 Å². The lowest BCUT2D eigenvalue weighted by Crippen LogP contribution is -2.27. The van der Waals surface area contributed by atoms with E-state index in [2.05, 4.69) is 5.32 Å². The van der Waals surface area contributed by atoms with Gasteiger partial charge in [0.25, 0.3) is 15.9 Å². The topological polar surface area (TPSA) is 75.7 Å². The summed E-state index contributed by atoms with van der Waals surface area (Å²) in [6.45, 7) is 0.0214. The number of amides is 1. The molecule has 0 aliphatic carbocycles. The van der Waals surface area contributed by atoms with Crippen LogP contribution in [0.1, 0.15) is 21.5 Å². The van der Waals surface area contributed by atoms with Gasteiger partial charge in [-0.1, -0.05) is 24.3 Å². The minimum absolute atomic E-state index is 0.0183. The van der Waals surface area contributed by atoms with E-state index in [1.54, 1.807) is 24.3 Å². The fraction of sp³-hybridized carbons (Fsp3) is 0.174. The average molecular weight is 478 g/mol. The molecule has 0 bridgehead atoms. The van der Waals surface area contributed by atoms with Gasteiger partial charge in [-0.15, -0.1) is 0 Å². The van der Waals surface area contributed by atoms with Crippen LogP contribution in [0.4, 0.5) is 18.9 Å². The first-order valence-electron chi connectivity index (χ1n) is 9.70. The fourth-order valence-corrected chi connectivity index (χ4v) is 4.26. The van der Waals surface area contributed by atoms with Gasteiger partial charge in [-0.05, 0) is 54.1 Å². The van der Waals surface area contributed by atoms with Gasteiger partial charge in [-0.2, -0.15) is 13.2 Å². The van der Waals surface area contributed by atoms with E-state index in [4.69, 9.17) is 4.74 Å². The minimum atomic E-state index is -4.43. The van der Waals surface area contributed by atoms with E-state index in [0.717, 1.165) is 16.4 Å². The second-order valence-corrected chi connectivity index (χ2v) is 9.02. The summed E-state index contributed by atoms with van der Waals surface area (Å²) < 4.78 is 70.2. The highest BCUT2D eigenvalue weighted by atomic mass is 32.2. The molecule has 0 unspecified atom stereocenters. The van der Waals surface area contributed by atoms with Crippen molar-refractivity contribution in [3.8, 4) is 5.75 Å². The van der Waals surface area contributed by atoms with Gasteiger partial charge in [0, 0.05) is 19.2 Å². The maximum atomic E-state index is 13.0. The zero-order valence-electron chi connectivity index (χ0n) is 17.8. The molecule has 174 valence electrons. The van der Waals surface area contributed by atoms with Crippen LogP contribution in [0, 0.1) is 0 Å². The van der Waals surface area contributed by atoms with Crippen molar-refractivity contribution in [2.24, 2.45) is 0 Å². The van der Waals surface area contributed by atoms with Gasteiger partial charge in [0.15, 0.2) is 0 Å². The van der Waals surface area contributed by atoms with Crippen molar-refractivity contribution in [3.63, 3.8) is 0 Å². The highest BCUT2D eigenvalue weighted by Gasteiger charge is 2.30. The number of halogens is 3. The first kappa shape index (κ1) is 24.1. The van der Waals surface area contributed by atoms with Gasteiger partial charge in [-0.25, -0.2) is 8.42 Å². The number of nitrogens with one attached hydrogen (secondary N) is 1. The SMILES string of the molecule is COc1ccccc1N(C)S(=O)(=O)c1ccc(C(=O)NCc2ccc(C(F)(F)F)cc2)cc1. The number of rotatable bonds is 7. The lowest BCUT2D eigenvalue weighted by Gasteiger charge is -2.21. The number of carbonyl (C=O) groups is 1. The number of para-hydroxylation sites is 2. The molecule has 3 aromatic carbocycles. The second-order valence-electron chi connectivity index (χ2n) is 7.05. The monoisotopic (exact) mass is 478 g/mol. The van der Waals surface area contributed by atoms with Gasteiger partial charge >= 0.3 is 6.18 Å². The van der Waals surface area contributed by atoms with Crippen molar-refractivity contribution in [2.45, 2.75) is 17.6 Å². The normalized spacial score (nSPS) is 11.7. The molecule has 6 nitrogen and oxygen atoms in total. The Bertz CT molecular complexity index is 1230. The Balaban J connectivity index is 1.69. The van der Waals surface area contributed by atoms with Crippen molar-refractivity contribution in [3.05, 3.63) is 89.5 Å². The highest BCUT2D eigenvalue weighted by Crippen LogP contribution is 2.31. The van der Waals surface area contributed by atoms with Crippen LogP contribution in [0.25, 0.3) is 0 Å². The molecule has 0 aliphatic heterocycles. The molecular formula is C23H21F3N2O4S. The first-order valence-corrected chi connectivity index (χ1v) is 11.1. The molecule has 0 atom stereocenters. The highest BCUT2D eigenvalue weighted by molar-refractivity contribution is 7.92. The Morgan fingerprint density at radius 3 is 2.15 bits per heavy atom. The third kappa shape index (κ3) is 5.46. The second kappa shape index (κ2) is 9.53. The molecule has 0 spiro atoms. The van der Waals surface area contributed by atoms with Crippen molar-refractivity contribution in [1.82, 2.24) is 5.32 Å². The molecule has 10 heteroatoms. The summed E-state index contributed by atoms with van der Waals surface area (Å²) >= 11 is 0. The number of ether oxygens (including phenoxy) is 1. The van der Waals surface area contributed by atoms with Gasteiger partial charge in [0.2, 0.25) is 0 Å². The third-order valence-corrected chi connectivity index (χ3v) is 6.72. The van der Waals surface area contributed by atoms with Crippen LogP contribution in [0.5, 0.6) is 5.75 Å². The number of anilines is 1. The zero-order valence-corrected chi connectivity index (χ0v) is 18.6. The van der Waals surface area contributed by atoms with Crippen LogP contribution in [0.3, 0.4) is 0 Å². The number of nitrogens with zero attached hydrogens (tertiary/aromatic N) is 1. The maximum Gasteiger partial charge on any atom is 0.416 e. The number of methoxy groups -OCH3 is 1. The average Bonchev–Trinajstić information content (AvgIpc) is 2.81. The summed E-state index contributed by atoms with van der Waals surface area (Å²) in [5.41, 5.74) is 0.292. The van der Waals surface area contributed by atoms with Crippen LogP contribution >= 0.6 is 0 Å². The predicted molar refractivity (Wildman–Crippen MR) is 118 cm³/mol. The number of carbonyl (C=O) groups excluding carboxylic acids is 1. The third-order valence-electron chi connectivity index (χ3n) is 4.93. The lowest BCUT2D eigenvalue weighted by molar-refractivity contribution is -0.137. The Labute approximate surface area is 189 Å². The molecule has 0 heterocycles. The van der Waals surface area contributed by atoms with Crippen molar-refractivity contribution >= 4 is 21.6 Å². The summed E-state index contributed by atoms with van der Waals surface area (Å²) in [5, 5.41) is 2.60. The van der Waals surface area contributed by atoms with Crippen molar-refractivity contribution < 1.29 is 31.1 Å². The number of alkyl halides is 3. The number of benzene rings is 3. The standard InChI is InChI=1S/C23H21F3N2O4S/c1-28(20-5-3-4-6-21(20)32-2)33(30,31)19-13-9-17(10-14-19)22(29)27-15-16-7-11-18(12-8-16)23(24,25)26/h3-14H,15H2,1-2H3,(H,27,29). The van der Waals surface area contributed by atoms with E-state index in [9.17, 15) is 26.4 Å². The number of hydrogen-bond donors (Lipinski definition) is 1. The lowest BCUT2D eigenvalue weighted by atomic mass is 10.1. The summed E-state index contributed by atoms with van der Waals surface area (Å²) in [6.07, 6.45) is -4.43. The molecule has 1 N–H and O–H groups in total. The molecular weight excluding hydrogens is 457 g/mol. The fourth-order valence-electron chi connectivity index (χ4n) is 3.05. The zero-order chi connectivity index (χ0) is 24.2. The summed E-state index contributed by atoms with van der Waals surface area (Å²) in [7, 11) is -1.07. The van der Waals surface area contributed by atoms with Crippen LogP contribution in [-0.4, -0.2) is 28.5 Å². The first-order chi connectivity index (χ1) is 15.5. The molecule has 33 heavy (non-hydrogen) atoms. The molecule has 0 aromatic heterocycles. The Morgan fingerprint density at radius 2 is 1.58 bits per heavy atom. The molecule has 0 radical (unpaired) electrons. The van der Waals surface area contributed by atoms with Crippen LogP contribution in [0.2, 0.25) is 0 Å². The van der Waals surface area contributed by atoms with Gasteiger partial charge in [0.1, 0.15) is 5.75 Å². The summed E-state index contributed by atoms with van der Waals surface area (Å²) in [4.78, 5) is 12.4. The number of sulfonamides is 1. The smallest absolute Gasteiger partial charge is 0.416 e. The molecule has 0 fully saturated rings. The molecule has 1 amide bonds. The van der Waals surface area contributed by atoms with E-state index in [1.165, 1.54) is 50.6 Å². The van der Waals surface area contributed by atoms with Crippen LogP contribution in [-0.2, 0) is 22.7 Å². The van der Waals surface area contributed by atoms with Crippen molar-refractivity contribution in [2.75, 3.05) is 18.5 Å². The van der Waals surface area contributed by atoms with E-state index >= 15 is 0 Å². The Kier molecular flexibility index (Phi) is 6.97. The van der Waals surface area contributed by atoms with Crippen LogP contribution < -0.4 is 14.4 Å². The van der Waals surface area contributed by atoms with E-state index in [-0.39, 0.29) is 17.0 Å². The predicted octanol–water partition coefficient (Wildman–Crippen LogP) is 4.47. The van der Waals surface area contributed by atoms with E-state index < -0.39 is 27.7 Å². The Hall–Kier alpha value is -3.53. The Morgan fingerprint density at radius 1 is 0.970 bits per heavy atom. The quantitative estimate of drug-likeness (QED) is 0.544. The summed E-state index contributed by atoms with van der Waals surface area (Å²) in [6, 6.07) is 16.5. The van der Waals surface area contributed by atoms with Crippen molar-refractivity contribution in [1.29, 1.82) is 0 Å². The summed E-state index contributed by atoms with van der Waals surface area (Å²) in [5.74, 6) is -0.0974. The molecule has 0 saturated carbocycles. The van der Waals surface area contributed by atoms with Gasteiger partial charge in [0.05, 0.1) is 23.3 Å². The number of hydrogen-bond acceptors (Lipinski definition) is 4. The maximum absolute atomic E-state index is 13.0. The molecule has 3 rings (SSSR count). The van der Waals surface area contributed by atoms with Gasteiger partial charge < -0.3 is 10.1 Å². The van der Waals surface area contributed by atoms with E-state index in [0.29, 0.717) is 17.0 Å². The molecule has 3 aromatic rings. The minimum Gasteiger partial charge on any atom is -0.495 e. The van der Waals surface area contributed by atoms with Gasteiger partial charge in [-0.3, -0.25) is 9.10 Å². The largest absolute Gasteiger partial charge is 0.495 e. The molecule has 0 saturated heterocycles. The van der Waals surface area contributed by atoms with Crippen LogP contribution in [0.15, 0.2) is 77.7 Å².